The maximum absolute atomic E-state index is 15.0. The lowest BCUT2D eigenvalue weighted by atomic mass is 9.90. The molecule has 2 heterocycles. The van der Waals surface area contributed by atoms with Crippen molar-refractivity contribution < 1.29 is 26.3 Å². The van der Waals surface area contributed by atoms with Gasteiger partial charge in [0, 0.05) is 32.7 Å². The van der Waals surface area contributed by atoms with Crippen LogP contribution in [-0.2, 0) is 12.4 Å². The summed E-state index contributed by atoms with van der Waals surface area (Å²) in [6, 6.07) is 55.4. The van der Waals surface area contributed by atoms with E-state index in [1.165, 1.54) is 6.07 Å². The summed E-state index contributed by atoms with van der Waals surface area (Å²) in [5.74, 6) is 0. The standard InChI is InChI=1S/C61H41F6N3/c1-35-16-22-44(37(3)28-35)39-18-25-55-49(30-39)47-11-5-7-13-53(47)69(55)57-27-20-41(46-24-21-43(60(62,63)64)33-52(46)61(65,66)67)32-51(57)59-42(34-68)10-9-15-58(59)70-54-14-8-6-12-48(54)50-31-40(19-26-56(50)70)45-23-17-36(2)29-38(45)4/h5-33H,1-4H3. The van der Waals surface area contributed by atoms with E-state index in [9.17, 15) is 18.4 Å². The lowest BCUT2D eigenvalue weighted by molar-refractivity contribution is -0.142. The highest BCUT2D eigenvalue weighted by Gasteiger charge is 2.39. The van der Waals surface area contributed by atoms with Gasteiger partial charge in [0.15, 0.2) is 0 Å². The monoisotopic (exact) mass is 929 g/mol. The molecule has 11 aromatic rings. The first-order valence-electron chi connectivity index (χ1n) is 22.8. The molecular formula is C61H41F6N3. The molecule has 11 rings (SSSR count). The largest absolute Gasteiger partial charge is 0.417 e. The van der Waals surface area contributed by atoms with Crippen LogP contribution >= 0.6 is 0 Å². The number of alkyl halides is 6. The van der Waals surface area contributed by atoms with E-state index >= 15 is 13.2 Å². The molecule has 2 aromatic heterocycles. The Labute approximate surface area is 399 Å². The van der Waals surface area contributed by atoms with E-state index in [1.54, 1.807) is 24.3 Å². The molecule has 0 aliphatic rings. The minimum atomic E-state index is -5.13. The van der Waals surface area contributed by atoms with Crippen LogP contribution in [0.2, 0.25) is 0 Å². The van der Waals surface area contributed by atoms with Gasteiger partial charge in [-0.25, -0.2) is 0 Å². The van der Waals surface area contributed by atoms with Crippen LogP contribution in [0.5, 0.6) is 0 Å². The number of aryl methyl sites for hydroxylation is 4. The van der Waals surface area contributed by atoms with Crippen molar-refractivity contribution in [3.8, 4) is 62.0 Å². The van der Waals surface area contributed by atoms with Gasteiger partial charge in [-0.1, -0.05) is 114 Å². The normalized spacial score (nSPS) is 12.1. The molecule has 0 saturated carbocycles. The number of benzene rings is 9. The number of para-hydroxylation sites is 2. The third-order valence-corrected chi connectivity index (χ3v) is 13.6. The van der Waals surface area contributed by atoms with Crippen LogP contribution in [0.25, 0.3) is 99.5 Å². The number of fused-ring (bicyclic) bond motifs is 6. The fraction of sp³-hybridized carbons (Fsp3) is 0.0984. The van der Waals surface area contributed by atoms with Crippen molar-refractivity contribution in [1.82, 2.24) is 9.13 Å². The molecule has 3 nitrogen and oxygen atoms in total. The smallest absolute Gasteiger partial charge is 0.309 e. The number of hydrogen-bond acceptors (Lipinski definition) is 1. The molecule has 9 heteroatoms. The predicted octanol–water partition coefficient (Wildman–Crippen LogP) is 17.7. The summed E-state index contributed by atoms with van der Waals surface area (Å²) in [6.07, 6.45) is -10.1. The maximum Gasteiger partial charge on any atom is 0.417 e. The summed E-state index contributed by atoms with van der Waals surface area (Å²) in [5, 5.41) is 14.9. The Bertz CT molecular complexity index is 3990. The Kier molecular flexibility index (Phi) is 10.4. The zero-order valence-electron chi connectivity index (χ0n) is 38.4. The van der Waals surface area contributed by atoms with Crippen LogP contribution in [0.3, 0.4) is 0 Å². The average molecular weight is 930 g/mol. The van der Waals surface area contributed by atoms with Gasteiger partial charge in [0.1, 0.15) is 0 Å². The van der Waals surface area contributed by atoms with Crippen molar-refractivity contribution in [2.75, 3.05) is 0 Å². The van der Waals surface area contributed by atoms with Crippen molar-refractivity contribution in [2.24, 2.45) is 0 Å². The summed E-state index contributed by atoms with van der Waals surface area (Å²) in [7, 11) is 0. The molecule has 0 atom stereocenters. The van der Waals surface area contributed by atoms with Gasteiger partial charge >= 0.3 is 12.4 Å². The average Bonchev–Trinajstić information content (AvgIpc) is 3.85. The quantitative estimate of drug-likeness (QED) is 0.153. The molecule has 0 amide bonds. The van der Waals surface area contributed by atoms with Crippen molar-refractivity contribution in [3.05, 3.63) is 215 Å². The second kappa shape index (κ2) is 16.4. The number of nitriles is 1. The third kappa shape index (κ3) is 7.30. The lowest BCUT2D eigenvalue weighted by Gasteiger charge is -2.22. The van der Waals surface area contributed by atoms with Gasteiger partial charge < -0.3 is 9.13 Å². The number of hydrogen-bond donors (Lipinski definition) is 0. The predicted molar refractivity (Wildman–Crippen MR) is 271 cm³/mol. The minimum Gasteiger partial charge on any atom is -0.309 e. The van der Waals surface area contributed by atoms with Crippen LogP contribution in [0.15, 0.2) is 176 Å². The van der Waals surface area contributed by atoms with Crippen molar-refractivity contribution >= 4 is 43.6 Å². The molecule has 0 saturated heterocycles. The van der Waals surface area contributed by atoms with E-state index < -0.39 is 29.0 Å². The van der Waals surface area contributed by atoms with Gasteiger partial charge in [-0.15, -0.1) is 0 Å². The molecule has 0 bridgehead atoms. The second-order valence-electron chi connectivity index (χ2n) is 18.1. The molecule has 0 unspecified atom stereocenters. The highest BCUT2D eigenvalue weighted by atomic mass is 19.4. The van der Waals surface area contributed by atoms with Gasteiger partial charge in [-0.2, -0.15) is 31.6 Å². The van der Waals surface area contributed by atoms with E-state index in [4.69, 9.17) is 0 Å². The summed E-state index contributed by atoms with van der Waals surface area (Å²) in [6.45, 7) is 8.28. The first-order chi connectivity index (χ1) is 33.6. The molecule has 70 heavy (non-hydrogen) atoms. The Morgan fingerprint density at radius 1 is 0.400 bits per heavy atom. The van der Waals surface area contributed by atoms with Crippen LogP contribution in [-0.4, -0.2) is 9.13 Å². The van der Waals surface area contributed by atoms with Crippen LogP contribution in [0.1, 0.15) is 38.9 Å². The Hall–Kier alpha value is -8.35. The van der Waals surface area contributed by atoms with Crippen LogP contribution in [0, 0.1) is 39.0 Å². The van der Waals surface area contributed by atoms with E-state index in [-0.39, 0.29) is 17.2 Å². The molecule has 0 N–H and O–H groups in total. The fourth-order valence-electron chi connectivity index (χ4n) is 10.5. The Balaban J connectivity index is 1.23. The molecular weight excluding hydrogens is 889 g/mol. The number of rotatable bonds is 6. The van der Waals surface area contributed by atoms with Crippen molar-refractivity contribution in [3.63, 3.8) is 0 Å². The van der Waals surface area contributed by atoms with Crippen molar-refractivity contribution in [2.45, 2.75) is 40.0 Å². The first kappa shape index (κ1) is 44.2. The molecule has 0 aliphatic carbocycles. The maximum atomic E-state index is 15.0. The summed E-state index contributed by atoms with van der Waals surface area (Å²) in [5.41, 5.74) is 11.0. The second-order valence-corrected chi connectivity index (χ2v) is 18.1. The van der Waals surface area contributed by atoms with Crippen LogP contribution in [0.4, 0.5) is 26.3 Å². The number of nitrogens with zero attached hydrogens (tertiary/aromatic N) is 3. The Morgan fingerprint density at radius 2 is 0.900 bits per heavy atom. The van der Waals surface area contributed by atoms with E-state index in [0.29, 0.717) is 28.6 Å². The van der Waals surface area contributed by atoms with Gasteiger partial charge in [-0.3, -0.25) is 0 Å². The van der Waals surface area contributed by atoms with Crippen LogP contribution < -0.4 is 0 Å². The number of halogens is 6. The fourth-order valence-corrected chi connectivity index (χ4v) is 10.5. The molecule has 9 aromatic carbocycles. The summed E-state index contributed by atoms with van der Waals surface area (Å²) in [4.78, 5) is 0. The summed E-state index contributed by atoms with van der Waals surface area (Å²) >= 11 is 0. The van der Waals surface area contributed by atoms with Gasteiger partial charge in [0.05, 0.1) is 56.2 Å². The van der Waals surface area contributed by atoms with E-state index in [0.717, 1.165) is 94.2 Å². The minimum absolute atomic E-state index is 0.0247. The molecule has 0 aliphatic heterocycles. The van der Waals surface area contributed by atoms with Gasteiger partial charge in [0.2, 0.25) is 0 Å². The molecule has 342 valence electrons. The molecule has 0 fully saturated rings. The first-order valence-corrected chi connectivity index (χ1v) is 22.8. The number of aromatic nitrogens is 2. The topological polar surface area (TPSA) is 33.6 Å². The zero-order valence-corrected chi connectivity index (χ0v) is 38.4. The molecule has 0 radical (unpaired) electrons. The van der Waals surface area contributed by atoms with E-state index in [2.05, 4.69) is 110 Å². The van der Waals surface area contributed by atoms with Gasteiger partial charge in [-0.05, 0) is 145 Å². The third-order valence-electron chi connectivity index (χ3n) is 13.6. The van der Waals surface area contributed by atoms with Gasteiger partial charge in [0.25, 0.3) is 0 Å². The highest BCUT2D eigenvalue weighted by molar-refractivity contribution is 6.13. The molecule has 0 spiro atoms. The zero-order chi connectivity index (χ0) is 48.8. The van der Waals surface area contributed by atoms with Crippen molar-refractivity contribution in [1.29, 1.82) is 5.26 Å². The highest BCUT2D eigenvalue weighted by Crippen LogP contribution is 2.47. The van der Waals surface area contributed by atoms with E-state index in [1.807, 2.05) is 60.7 Å². The lowest BCUT2D eigenvalue weighted by Crippen LogP contribution is -2.12. The Morgan fingerprint density at radius 3 is 1.43 bits per heavy atom. The summed E-state index contributed by atoms with van der Waals surface area (Å²) < 4.78 is 91.2. The SMILES string of the molecule is Cc1ccc(-c2ccc3c(c2)c2ccccc2n3-c2ccc(-c3ccc(C(F)(F)F)cc3C(F)(F)F)cc2-c2c(C#N)cccc2-n2c3ccccc3c3cc(-c4ccc(C)cc4C)ccc32)c(C)c1.